The van der Waals surface area contributed by atoms with Crippen LogP contribution in [0.25, 0.3) is 6.08 Å². The first-order chi connectivity index (χ1) is 10.1. The molecule has 6 heteroatoms. The maximum Gasteiger partial charge on any atom is 0.328 e. The Labute approximate surface area is 127 Å². The smallest absolute Gasteiger partial charge is 0.328 e. The zero-order valence-electron chi connectivity index (χ0n) is 11.9. The van der Waals surface area contributed by atoms with Crippen LogP contribution in [0.15, 0.2) is 18.2 Å². The quantitative estimate of drug-likeness (QED) is 0.848. The molecule has 0 aliphatic carbocycles. The highest BCUT2D eigenvalue weighted by atomic mass is 32.1. The first-order valence-corrected chi connectivity index (χ1v) is 7.71. The first kappa shape index (κ1) is 15.7. The average molecular weight is 309 g/mol. The summed E-state index contributed by atoms with van der Waals surface area (Å²) < 4.78 is 5.17. The second-order valence-electron chi connectivity index (χ2n) is 5.09. The molecule has 0 radical (unpaired) electrons. The minimum Gasteiger partial charge on any atom is -0.478 e. The van der Waals surface area contributed by atoms with Gasteiger partial charge in [0.15, 0.2) is 0 Å². The number of amides is 1. The lowest BCUT2D eigenvalue weighted by molar-refractivity contribution is -0.131. The highest BCUT2D eigenvalue weighted by molar-refractivity contribution is 7.14. The van der Waals surface area contributed by atoms with Crippen molar-refractivity contribution in [3.05, 3.63) is 28.0 Å². The number of rotatable bonds is 5. The maximum atomic E-state index is 12.5. The molecule has 114 valence electrons. The van der Waals surface area contributed by atoms with E-state index in [0.29, 0.717) is 17.4 Å². The molecule has 21 heavy (non-hydrogen) atoms. The fraction of sp³-hybridized carbons (Fsp3) is 0.467. The molecule has 1 aromatic rings. The van der Waals surface area contributed by atoms with E-state index in [4.69, 9.17) is 9.84 Å². The molecular weight excluding hydrogens is 290 g/mol. The molecule has 2 heterocycles. The highest BCUT2D eigenvalue weighted by Gasteiger charge is 2.25. The van der Waals surface area contributed by atoms with Crippen molar-refractivity contribution < 1.29 is 19.4 Å². The van der Waals surface area contributed by atoms with Crippen molar-refractivity contribution in [1.82, 2.24) is 4.90 Å². The van der Waals surface area contributed by atoms with Gasteiger partial charge in [0.05, 0.1) is 11.5 Å². The van der Waals surface area contributed by atoms with Crippen LogP contribution >= 0.6 is 11.3 Å². The summed E-state index contributed by atoms with van der Waals surface area (Å²) in [5.41, 5.74) is 0. The molecule has 1 fully saturated rings. The summed E-state index contributed by atoms with van der Waals surface area (Å²) in [4.78, 5) is 26.2. The molecule has 1 N–H and O–H groups in total. The zero-order chi connectivity index (χ0) is 15.2. The fourth-order valence-corrected chi connectivity index (χ4v) is 3.37. The van der Waals surface area contributed by atoms with Crippen LogP contribution in [-0.2, 0) is 9.53 Å². The van der Waals surface area contributed by atoms with Gasteiger partial charge in [-0.25, -0.2) is 4.79 Å². The number of piperidine rings is 1. The number of methoxy groups -OCH3 is 1. The standard InChI is InChI=1S/C15H19NO4S/c1-20-10-11-3-2-8-16(9-11)15(19)13-6-4-12(21-13)5-7-14(17)18/h4-7,11H,2-3,8-10H2,1H3,(H,17,18)/b7-5+. The molecular formula is C15H19NO4S. The van der Waals surface area contributed by atoms with Gasteiger partial charge in [0, 0.05) is 31.2 Å². The number of nitrogens with zero attached hydrogens (tertiary/aromatic N) is 1. The van der Waals surface area contributed by atoms with Crippen LogP contribution in [0.1, 0.15) is 27.4 Å². The molecule has 0 aromatic carbocycles. The Morgan fingerprint density at radius 3 is 3.05 bits per heavy atom. The van der Waals surface area contributed by atoms with Crippen LogP contribution in [-0.4, -0.2) is 48.7 Å². The predicted molar refractivity (Wildman–Crippen MR) is 81.5 cm³/mol. The lowest BCUT2D eigenvalue weighted by atomic mass is 9.99. The van der Waals surface area contributed by atoms with E-state index >= 15 is 0 Å². The Bertz CT molecular complexity index is 536. The Hall–Kier alpha value is -1.66. The molecule has 5 nitrogen and oxygen atoms in total. The minimum absolute atomic E-state index is 0.0239. The molecule has 1 saturated heterocycles. The second-order valence-corrected chi connectivity index (χ2v) is 6.20. The summed E-state index contributed by atoms with van der Waals surface area (Å²) in [5, 5.41) is 8.61. The van der Waals surface area contributed by atoms with Crippen molar-refractivity contribution in [2.45, 2.75) is 12.8 Å². The number of thiophene rings is 1. The number of ether oxygens (including phenoxy) is 1. The number of carboxylic acids is 1. The number of likely N-dealkylation sites (tertiary alicyclic amines) is 1. The Morgan fingerprint density at radius 1 is 1.52 bits per heavy atom. The average Bonchev–Trinajstić information content (AvgIpc) is 2.94. The van der Waals surface area contributed by atoms with Gasteiger partial charge in [-0.2, -0.15) is 0 Å². The molecule has 1 amide bonds. The topological polar surface area (TPSA) is 66.8 Å². The Balaban J connectivity index is 2.01. The van der Waals surface area contributed by atoms with E-state index in [2.05, 4.69) is 0 Å². The van der Waals surface area contributed by atoms with Crippen molar-refractivity contribution >= 4 is 29.3 Å². The summed E-state index contributed by atoms with van der Waals surface area (Å²) in [5.74, 6) is -0.565. The van der Waals surface area contributed by atoms with E-state index in [1.54, 1.807) is 19.2 Å². The zero-order valence-corrected chi connectivity index (χ0v) is 12.8. The van der Waals surface area contributed by atoms with Crippen LogP contribution < -0.4 is 0 Å². The van der Waals surface area contributed by atoms with Gasteiger partial charge in [-0.05, 0) is 37.0 Å². The normalized spacial score (nSPS) is 19.1. The van der Waals surface area contributed by atoms with Crippen LogP contribution in [0.3, 0.4) is 0 Å². The monoisotopic (exact) mass is 309 g/mol. The largest absolute Gasteiger partial charge is 0.478 e. The van der Waals surface area contributed by atoms with E-state index in [0.717, 1.165) is 36.9 Å². The first-order valence-electron chi connectivity index (χ1n) is 6.89. The summed E-state index contributed by atoms with van der Waals surface area (Å²) in [6.07, 6.45) is 4.68. The van der Waals surface area contributed by atoms with Crippen molar-refractivity contribution in [2.24, 2.45) is 5.92 Å². The second kappa shape index (κ2) is 7.38. The van der Waals surface area contributed by atoms with Crippen LogP contribution in [0.5, 0.6) is 0 Å². The van der Waals surface area contributed by atoms with Gasteiger partial charge < -0.3 is 14.7 Å². The summed E-state index contributed by atoms with van der Waals surface area (Å²) >= 11 is 1.32. The molecule has 1 aromatic heterocycles. The van der Waals surface area contributed by atoms with Gasteiger partial charge in [-0.15, -0.1) is 11.3 Å². The fourth-order valence-electron chi connectivity index (χ4n) is 2.49. The third kappa shape index (κ3) is 4.41. The van der Waals surface area contributed by atoms with E-state index in [1.807, 2.05) is 4.90 Å². The van der Waals surface area contributed by atoms with E-state index in [9.17, 15) is 9.59 Å². The number of carbonyl (C=O) groups excluding carboxylic acids is 1. The number of carbonyl (C=O) groups is 2. The molecule has 1 aliphatic heterocycles. The van der Waals surface area contributed by atoms with Crippen molar-refractivity contribution in [2.75, 3.05) is 26.8 Å². The van der Waals surface area contributed by atoms with Crippen LogP contribution in [0.4, 0.5) is 0 Å². The molecule has 1 unspecified atom stereocenters. The third-order valence-corrected chi connectivity index (χ3v) is 4.47. The maximum absolute atomic E-state index is 12.5. The predicted octanol–water partition coefficient (Wildman–Crippen LogP) is 2.34. The Morgan fingerprint density at radius 2 is 2.33 bits per heavy atom. The van der Waals surface area contributed by atoms with Crippen LogP contribution in [0.2, 0.25) is 0 Å². The van der Waals surface area contributed by atoms with Gasteiger partial charge >= 0.3 is 5.97 Å². The van der Waals surface area contributed by atoms with Crippen molar-refractivity contribution in [1.29, 1.82) is 0 Å². The van der Waals surface area contributed by atoms with Crippen molar-refractivity contribution in [3.63, 3.8) is 0 Å². The molecule has 2 rings (SSSR count). The summed E-state index contributed by atoms with van der Waals surface area (Å²) in [6.45, 7) is 2.18. The van der Waals surface area contributed by atoms with E-state index in [-0.39, 0.29) is 5.91 Å². The highest BCUT2D eigenvalue weighted by Crippen LogP contribution is 2.23. The minimum atomic E-state index is -0.991. The Kier molecular flexibility index (Phi) is 5.52. The van der Waals surface area contributed by atoms with Gasteiger partial charge in [-0.1, -0.05) is 0 Å². The number of hydrogen-bond acceptors (Lipinski definition) is 4. The van der Waals surface area contributed by atoms with Crippen LogP contribution in [0, 0.1) is 5.92 Å². The third-order valence-electron chi connectivity index (χ3n) is 3.44. The number of carboxylic acid groups (broad SMARTS) is 1. The number of hydrogen-bond donors (Lipinski definition) is 1. The summed E-state index contributed by atoms with van der Waals surface area (Å²) in [7, 11) is 1.68. The molecule has 0 bridgehead atoms. The lowest BCUT2D eigenvalue weighted by Crippen LogP contribution is -2.40. The SMILES string of the molecule is COCC1CCCN(C(=O)c2ccc(/C=C/C(=O)O)s2)C1. The molecule has 1 atom stereocenters. The van der Waals surface area contributed by atoms with Crippen molar-refractivity contribution in [3.8, 4) is 0 Å². The molecule has 1 aliphatic rings. The lowest BCUT2D eigenvalue weighted by Gasteiger charge is -2.32. The molecule has 0 spiro atoms. The van der Waals surface area contributed by atoms with Gasteiger partial charge in [0.1, 0.15) is 0 Å². The molecule has 0 saturated carbocycles. The van der Waals surface area contributed by atoms with E-state index < -0.39 is 5.97 Å². The van der Waals surface area contributed by atoms with Gasteiger partial charge in [0.25, 0.3) is 5.91 Å². The van der Waals surface area contributed by atoms with Gasteiger partial charge in [-0.3, -0.25) is 4.79 Å². The van der Waals surface area contributed by atoms with E-state index in [1.165, 1.54) is 17.4 Å². The van der Waals surface area contributed by atoms with Gasteiger partial charge in [0.2, 0.25) is 0 Å². The summed E-state index contributed by atoms with van der Waals surface area (Å²) in [6, 6.07) is 3.53. The number of aliphatic carboxylic acids is 1.